The Morgan fingerprint density at radius 1 is 0.348 bits per heavy atom. The number of nitrogens with one attached hydrogen (secondary N) is 6. The number of carbonyl (C=O) groups excluding carboxylic acids is 6. The van der Waals surface area contributed by atoms with Crippen molar-refractivity contribution in [3.05, 3.63) is 181 Å². The number of benzene rings is 6. The number of amides is 6. The molecular formula is C55H60N6O6P2. The summed E-state index contributed by atoms with van der Waals surface area (Å²) < 4.78 is 0. The molecule has 0 bridgehead atoms. The monoisotopic (exact) mass is 962 g/mol. The highest BCUT2D eigenvalue weighted by Gasteiger charge is 2.25. The minimum atomic E-state index is -0.919. The molecule has 0 aromatic heterocycles. The lowest BCUT2D eigenvalue weighted by Crippen LogP contribution is -2.51. The first-order chi connectivity index (χ1) is 33.4. The van der Waals surface area contributed by atoms with Gasteiger partial charge in [-0.3, -0.25) is 28.8 Å². The van der Waals surface area contributed by atoms with Crippen molar-refractivity contribution < 1.29 is 28.8 Å². The van der Waals surface area contributed by atoms with E-state index in [-0.39, 0.29) is 11.8 Å². The molecule has 6 rings (SSSR count). The van der Waals surface area contributed by atoms with Crippen molar-refractivity contribution >= 4 is 83.1 Å². The summed E-state index contributed by atoms with van der Waals surface area (Å²) in [6.07, 6.45) is 1.97. The fraction of sp³-hybridized carbons (Fsp3) is 0.236. The SMILES string of the molecule is C[C@H](NC(=O)c1cccc(P(c2ccccc2)c2ccccc2)c1)C(=O)N[C@@H](C)C(=O)NCCCCCNC(=O)[C@H](C)NC(=O)[C@H](C)NC(=O)c1cccc(P(c2ccccc2)c2ccccc2)c1. The van der Waals surface area contributed by atoms with Gasteiger partial charge in [0.2, 0.25) is 23.6 Å². The fourth-order valence-electron chi connectivity index (χ4n) is 7.43. The molecule has 14 heteroatoms. The summed E-state index contributed by atoms with van der Waals surface area (Å²) in [5.74, 6) is -2.49. The molecule has 0 saturated heterocycles. The van der Waals surface area contributed by atoms with Crippen molar-refractivity contribution in [2.75, 3.05) is 13.1 Å². The fourth-order valence-corrected chi connectivity index (χ4v) is 12.1. The number of rotatable bonds is 22. The average molecular weight is 963 g/mol. The Labute approximate surface area is 407 Å². The molecule has 0 aliphatic heterocycles. The molecule has 0 saturated carbocycles. The van der Waals surface area contributed by atoms with E-state index in [0.717, 1.165) is 31.8 Å². The summed E-state index contributed by atoms with van der Waals surface area (Å²) in [6.45, 7) is 7.05. The maximum absolute atomic E-state index is 13.4. The minimum Gasteiger partial charge on any atom is -0.354 e. The highest BCUT2D eigenvalue weighted by atomic mass is 31.1. The standard InChI is InChI=1S/C55H60N6O6P2/c1-38(58-52(64)40(3)60-54(66)42-22-20-32-48(36-42)68(44-24-10-5-11-25-44)45-26-12-6-13-27-45)50(62)56-34-18-9-19-35-57-51(63)39(2)59-53(65)41(4)61-55(67)43-23-21-33-49(37-43)69(46-28-14-7-15-29-46)47-30-16-8-17-31-47/h5-8,10-17,20-33,36-41H,9,18-19,34-35H2,1-4H3,(H,56,62)(H,57,63)(H,58,64)(H,59,65)(H,60,66)(H,61,67)/t38-,39-,40-,41-/m0/s1. The van der Waals surface area contributed by atoms with Gasteiger partial charge in [0.1, 0.15) is 24.2 Å². The summed E-state index contributed by atoms with van der Waals surface area (Å²) in [5, 5.41) is 23.2. The van der Waals surface area contributed by atoms with Crippen LogP contribution in [0.25, 0.3) is 0 Å². The van der Waals surface area contributed by atoms with Gasteiger partial charge in [-0.05, 0) is 119 Å². The van der Waals surface area contributed by atoms with Crippen LogP contribution in [-0.4, -0.2) is 72.7 Å². The van der Waals surface area contributed by atoms with Gasteiger partial charge in [-0.25, -0.2) is 0 Å². The third-order valence-electron chi connectivity index (χ3n) is 11.2. The topological polar surface area (TPSA) is 175 Å². The molecule has 6 aromatic carbocycles. The van der Waals surface area contributed by atoms with Crippen LogP contribution in [0.15, 0.2) is 170 Å². The first kappa shape index (κ1) is 51.4. The van der Waals surface area contributed by atoms with Gasteiger partial charge in [-0.1, -0.05) is 146 Å². The molecule has 69 heavy (non-hydrogen) atoms. The third-order valence-corrected chi connectivity index (χ3v) is 16.1. The van der Waals surface area contributed by atoms with E-state index in [1.165, 1.54) is 0 Å². The van der Waals surface area contributed by atoms with E-state index in [9.17, 15) is 28.8 Å². The van der Waals surface area contributed by atoms with Gasteiger partial charge < -0.3 is 31.9 Å². The highest BCUT2D eigenvalue weighted by Crippen LogP contribution is 2.34. The quantitative estimate of drug-likeness (QED) is 0.0431. The molecule has 0 spiro atoms. The van der Waals surface area contributed by atoms with Crippen LogP contribution >= 0.6 is 15.8 Å². The van der Waals surface area contributed by atoms with Crippen LogP contribution in [0, 0.1) is 0 Å². The molecule has 0 aliphatic rings. The Balaban J connectivity index is 0.864. The second-order valence-corrected chi connectivity index (χ2v) is 21.0. The van der Waals surface area contributed by atoms with Crippen LogP contribution in [0.1, 0.15) is 67.7 Å². The van der Waals surface area contributed by atoms with Crippen molar-refractivity contribution in [1.29, 1.82) is 0 Å². The smallest absolute Gasteiger partial charge is 0.251 e. The zero-order chi connectivity index (χ0) is 49.1. The summed E-state index contributed by atoms with van der Waals surface area (Å²) in [7, 11) is -1.84. The largest absolute Gasteiger partial charge is 0.354 e. The summed E-state index contributed by atoms with van der Waals surface area (Å²) >= 11 is 0. The van der Waals surface area contributed by atoms with Gasteiger partial charge in [0.25, 0.3) is 11.8 Å². The second-order valence-electron chi connectivity index (χ2n) is 16.6. The zero-order valence-corrected chi connectivity index (χ0v) is 41.1. The molecule has 0 aliphatic carbocycles. The molecule has 6 aromatic rings. The molecule has 0 unspecified atom stereocenters. The Hall–Kier alpha value is -7.00. The van der Waals surface area contributed by atoms with Gasteiger partial charge in [-0.15, -0.1) is 0 Å². The number of unbranched alkanes of at least 4 members (excludes halogenated alkanes) is 2. The molecule has 0 fully saturated rings. The first-order valence-corrected chi connectivity index (χ1v) is 25.9. The predicted molar refractivity (Wildman–Crippen MR) is 279 cm³/mol. The van der Waals surface area contributed by atoms with Crippen molar-refractivity contribution in [1.82, 2.24) is 31.9 Å². The molecule has 12 nitrogen and oxygen atoms in total. The van der Waals surface area contributed by atoms with E-state index < -0.39 is 63.6 Å². The lowest BCUT2D eigenvalue weighted by Gasteiger charge is -2.21. The average Bonchev–Trinajstić information content (AvgIpc) is 3.37. The van der Waals surface area contributed by atoms with E-state index in [1.807, 2.05) is 109 Å². The lowest BCUT2D eigenvalue weighted by molar-refractivity contribution is -0.129. The van der Waals surface area contributed by atoms with Gasteiger partial charge in [0.05, 0.1) is 0 Å². The van der Waals surface area contributed by atoms with Crippen LogP contribution in [-0.2, 0) is 19.2 Å². The Morgan fingerprint density at radius 2 is 0.638 bits per heavy atom. The highest BCUT2D eigenvalue weighted by molar-refractivity contribution is 7.80. The number of hydrogen-bond donors (Lipinski definition) is 6. The maximum atomic E-state index is 13.4. The number of carbonyl (C=O) groups is 6. The van der Waals surface area contributed by atoms with E-state index in [0.29, 0.717) is 43.5 Å². The van der Waals surface area contributed by atoms with Crippen molar-refractivity contribution in [3.63, 3.8) is 0 Å². The lowest BCUT2D eigenvalue weighted by atomic mass is 10.2. The summed E-state index contributed by atoms with van der Waals surface area (Å²) in [4.78, 5) is 78.4. The molecule has 4 atom stereocenters. The van der Waals surface area contributed by atoms with E-state index in [2.05, 4.69) is 80.4 Å². The van der Waals surface area contributed by atoms with Crippen molar-refractivity contribution in [3.8, 4) is 0 Å². The van der Waals surface area contributed by atoms with Gasteiger partial charge in [0.15, 0.2) is 0 Å². The Morgan fingerprint density at radius 3 is 0.957 bits per heavy atom. The van der Waals surface area contributed by atoms with E-state index in [4.69, 9.17) is 0 Å². The molecule has 0 radical (unpaired) electrons. The van der Waals surface area contributed by atoms with E-state index >= 15 is 0 Å². The zero-order valence-electron chi connectivity index (χ0n) is 39.4. The van der Waals surface area contributed by atoms with Crippen LogP contribution in [0.5, 0.6) is 0 Å². The normalized spacial score (nSPS) is 12.7. The summed E-state index contributed by atoms with van der Waals surface area (Å²) in [5.41, 5.74) is 0.864. The van der Waals surface area contributed by atoms with Crippen molar-refractivity contribution in [2.24, 2.45) is 0 Å². The molecular weight excluding hydrogens is 903 g/mol. The first-order valence-electron chi connectivity index (χ1n) is 23.2. The van der Waals surface area contributed by atoms with Crippen molar-refractivity contribution in [2.45, 2.75) is 71.1 Å². The molecule has 0 heterocycles. The van der Waals surface area contributed by atoms with Crippen LogP contribution in [0.3, 0.4) is 0 Å². The van der Waals surface area contributed by atoms with Crippen LogP contribution < -0.4 is 63.7 Å². The van der Waals surface area contributed by atoms with Gasteiger partial charge in [0, 0.05) is 24.2 Å². The van der Waals surface area contributed by atoms with Gasteiger partial charge >= 0.3 is 0 Å². The predicted octanol–water partition coefficient (Wildman–Crippen LogP) is 4.55. The molecule has 6 N–H and O–H groups in total. The van der Waals surface area contributed by atoms with Crippen LogP contribution in [0.2, 0.25) is 0 Å². The molecule has 6 amide bonds. The van der Waals surface area contributed by atoms with E-state index in [1.54, 1.807) is 39.8 Å². The summed E-state index contributed by atoms with van der Waals surface area (Å²) in [6, 6.07) is 52.1. The van der Waals surface area contributed by atoms with Crippen LogP contribution in [0.4, 0.5) is 0 Å². The third kappa shape index (κ3) is 15.0. The number of hydrogen-bond acceptors (Lipinski definition) is 6. The van der Waals surface area contributed by atoms with Gasteiger partial charge in [-0.2, -0.15) is 0 Å². The second kappa shape index (κ2) is 25.9. The molecule has 356 valence electrons. The maximum Gasteiger partial charge on any atom is 0.251 e. The Bertz CT molecular complexity index is 2400. The minimum absolute atomic E-state index is 0.359. The Kier molecular flexibility index (Phi) is 19.3.